The van der Waals surface area contributed by atoms with Crippen molar-refractivity contribution in [2.75, 3.05) is 6.54 Å². The van der Waals surface area contributed by atoms with Gasteiger partial charge in [0.1, 0.15) is 0 Å². The number of aromatic nitrogens is 1. The van der Waals surface area contributed by atoms with Crippen molar-refractivity contribution in [1.29, 1.82) is 0 Å². The van der Waals surface area contributed by atoms with E-state index in [1.54, 1.807) is 0 Å². The van der Waals surface area contributed by atoms with Crippen molar-refractivity contribution >= 4 is 10.9 Å². The van der Waals surface area contributed by atoms with Gasteiger partial charge in [0, 0.05) is 18.3 Å². The number of hydrogen-bond donors (Lipinski definition) is 2. The molecule has 2 nitrogen and oxygen atoms in total. The van der Waals surface area contributed by atoms with Crippen LogP contribution in [-0.4, -0.2) is 11.5 Å². The van der Waals surface area contributed by atoms with Crippen molar-refractivity contribution < 1.29 is 0 Å². The van der Waals surface area contributed by atoms with E-state index < -0.39 is 0 Å². The maximum Gasteiger partial charge on any atom is 0.0499 e. The van der Waals surface area contributed by atoms with E-state index in [2.05, 4.69) is 48.4 Å². The van der Waals surface area contributed by atoms with Crippen molar-refractivity contribution in [3.05, 3.63) is 36.0 Å². The van der Waals surface area contributed by atoms with Crippen molar-refractivity contribution in [3.63, 3.8) is 0 Å². The Kier molecular flexibility index (Phi) is 2.48. The molecule has 1 unspecified atom stereocenters. The van der Waals surface area contributed by atoms with Crippen LogP contribution in [0.4, 0.5) is 0 Å². The number of fused-ring (bicyclic) bond motifs is 1. The fourth-order valence-electron chi connectivity index (χ4n) is 2.60. The molecule has 3 rings (SSSR count). The highest BCUT2D eigenvalue weighted by Gasteiger charge is 2.44. The Hall–Kier alpha value is -1.28. The molecule has 0 saturated heterocycles. The second-order valence-electron chi connectivity index (χ2n) is 5.88. The number of hydrogen-bond acceptors (Lipinski definition) is 1. The minimum atomic E-state index is 0.575. The van der Waals surface area contributed by atoms with Gasteiger partial charge < -0.3 is 10.3 Å². The summed E-state index contributed by atoms with van der Waals surface area (Å²) >= 11 is 0. The van der Waals surface area contributed by atoms with E-state index in [-0.39, 0.29) is 0 Å². The Morgan fingerprint density at radius 2 is 2.18 bits per heavy atom. The van der Waals surface area contributed by atoms with Crippen LogP contribution < -0.4 is 5.32 Å². The SMILES string of the molecule is CC1(C)CC1CNCc1cccc2cc[nH]c12. The molecule has 1 aliphatic carbocycles. The number of para-hydroxylation sites is 1. The molecule has 1 aromatic carbocycles. The lowest BCUT2D eigenvalue weighted by Gasteiger charge is -2.07. The summed E-state index contributed by atoms with van der Waals surface area (Å²) in [5, 5.41) is 4.88. The first-order valence-electron chi connectivity index (χ1n) is 6.42. The van der Waals surface area contributed by atoms with Crippen LogP contribution in [-0.2, 0) is 6.54 Å². The molecule has 0 spiro atoms. The maximum absolute atomic E-state index is 3.58. The summed E-state index contributed by atoms with van der Waals surface area (Å²) in [5.41, 5.74) is 3.21. The van der Waals surface area contributed by atoms with Gasteiger partial charge in [0.15, 0.2) is 0 Å². The number of H-pyrrole nitrogens is 1. The number of aromatic amines is 1. The average molecular weight is 228 g/mol. The van der Waals surface area contributed by atoms with E-state index in [1.807, 2.05) is 6.20 Å². The largest absolute Gasteiger partial charge is 0.361 e. The first-order valence-corrected chi connectivity index (χ1v) is 6.42. The van der Waals surface area contributed by atoms with Crippen LogP contribution >= 0.6 is 0 Å². The van der Waals surface area contributed by atoms with Crippen LogP contribution in [0.1, 0.15) is 25.8 Å². The molecule has 1 aromatic heterocycles. The van der Waals surface area contributed by atoms with Crippen molar-refractivity contribution in [2.45, 2.75) is 26.8 Å². The Bertz CT molecular complexity index is 524. The van der Waals surface area contributed by atoms with Crippen LogP contribution in [0.3, 0.4) is 0 Å². The predicted molar refractivity (Wildman–Crippen MR) is 71.9 cm³/mol. The summed E-state index contributed by atoms with van der Waals surface area (Å²) < 4.78 is 0. The lowest BCUT2D eigenvalue weighted by atomic mass is 10.1. The maximum atomic E-state index is 3.58. The van der Waals surface area contributed by atoms with Gasteiger partial charge in [-0.1, -0.05) is 32.0 Å². The van der Waals surface area contributed by atoms with E-state index in [4.69, 9.17) is 0 Å². The van der Waals surface area contributed by atoms with E-state index >= 15 is 0 Å². The summed E-state index contributed by atoms with van der Waals surface area (Å²) in [6.45, 7) is 6.81. The quantitative estimate of drug-likeness (QED) is 0.825. The number of benzene rings is 1. The van der Waals surface area contributed by atoms with Gasteiger partial charge in [0.25, 0.3) is 0 Å². The van der Waals surface area contributed by atoms with Gasteiger partial charge in [-0.2, -0.15) is 0 Å². The van der Waals surface area contributed by atoms with Crippen molar-refractivity contribution in [1.82, 2.24) is 10.3 Å². The predicted octanol–water partition coefficient (Wildman–Crippen LogP) is 3.30. The summed E-state index contributed by atoms with van der Waals surface area (Å²) in [5.74, 6) is 0.866. The van der Waals surface area contributed by atoms with Crippen molar-refractivity contribution in [2.24, 2.45) is 11.3 Å². The standard InChI is InChI=1S/C15H20N2/c1-15(2)8-13(15)10-16-9-12-5-3-4-11-6-7-17-14(11)12/h3-7,13,16-17H,8-10H2,1-2H3. The van der Waals surface area contributed by atoms with Crippen LogP contribution in [0.15, 0.2) is 30.5 Å². The fraction of sp³-hybridized carbons (Fsp3) is 0.467. The molecule has 1 aliphatic rings. The highest BCUT2D eigenvalue weighted by atomic mass is 14.9. The van der Waals surface area contributed by atoms with E-state index in [0.29, 0.717) is 5.41 Å². The highest BCUT2D eigenvalue weighted by Crippen LogP contribution is 2.50. The zero-order chi connectivity index (χ0) is 11.9. The third-order valence-corrected chi connectivity index (χ3v) is 4.10. The molecule has 2 heteroatoms. The molecule has 2 aromatic rings. The Balaban J connectivity index is 1.63. The molecule has 17 heavy (non-hydrogen) atoms. The third-order valence-electron chi connectivity index (χ3n) is 4.10. The topological polar surface area (TPSA) is 27.8 Å². The molecule has 0 amide bonds. The summed E-state index contributed by atoms with van der Waals surface area (Å²) in [4.78, 5) is 3.32. The van der Waals surface area contributed by atoms with E-state index in [9.17, 15) is 0 Å². The van der Waals surface area contributed by atoms with Gasteiger partial charge >= 0.3 is 0 Å². The lowest BCUT2D eigenvalue weighted by Crippen LogP contribution is -2.18. The number of rotatable bonds is 4. The zero-order valence-electron chi connectivity index (χ0n) is 10.6. The highest BCUT2D eigenvalue weighted by molar-refractivity contribution is 5.82. The van der Waals surface area contributed by atoms with E-state index in [1.165, 1.54) is 22.9 Å². The molecule has 1 fully saturated rings. The van der Waals surface area contributed by atoms with Crippen LogP contribution in [0, 0.1) is 11.3 Å². The smallest absolute Gasteiger partial charge is 0.0499 e. The van der Waals surface area contributed by atoms with Gasteiger partial charge in [-0.15, -0.1) is 0 Å². The summed E-state index contributed by atoms with van der Waals surface area (Å²) in [7, 11) is 0. The summed E-state index contributed by atoms with van der Waals surface area (Å²) in [6.07, 6.45) is 3.38. The van der Waals surface area contributed by atoms with Crippen LogP contribution in [0.2, 0.25) is 0 Å². The molecule has 90 valence electrons. The molecule has 0 radical (unpaired) electrons. The van der Waals surface area contributed by atoms with Gasteiger partial charge in [-0.25, -0.2) is 0 Å². The second-order valence-corrected chi connectivity index (χ2v) is 5.88. The lowest BCUT2D eigenvalue weighted by molar-refractivity contribution is 0.520. The third kappa shape index (κ3) is 2.09. The molecular formula is C15H20N2. The molecular weight excluding hydrogens is 208 g/mol. The Morgan fingerprint density at radius 3 is 2.94 bits per heavy atom. The molecule has 1 atom stereocenters. The van der Waals surface area contributed by atoms with Gasteiger partial charge in [0.05, 0.1) is 0 Å². The number of nitrogens with one attached hydrogen (secondary N) is 2. The normalized spacial score (nSPS) is 21.9. The molecule has 0 aliphatic heterocycles. The van der Waals surface area contributed by atoms with Gasteiger partial charge in [0.2, 0.25) is 0 Å². The monoisotopic (exact) mass is 228 g/mol. The molecule has 0 bridgehead atoms. The van der Waals surface area contributed by atoms with Gasteiger partial charge in [-0.3, -0.25) is 0 Å². The molecule has 1 saturated carbocycles. The first kappa shape index (κ1) is 10.8. The Labute approximate surface area is 102 Å². The molecule has 2 N–H and O–H groups in total. The minimum Gasteiger partial charge on any atom is -0.361 e. The molecule has 1 heterocycles. The van der Waals surface area contributed by atoms with Crippen LogP contribution in [0.5, 0.6) is 0 Å². The second kappa shape index (κ2) is 3.88. The van der Waals surface area contributed by atoms with Crippen molar-refractivity contribution in [3.8, 4) is 0 Å². The summed E-state index contributed by atoms with van der Waals surface area (Å²) in [6, 6.07) is 8.61. The Morgan fingerprint density at radius 1 is 1.35 bits per heavy atom. The van der Waals surface area contributed by atoms with E-state index in [0.717, 1.165) is 19.0 Å². The minimum absolute atomic E-state index is 0.575. The zero-order valence-corrected chi connectivity index (χ0v) is 10.6. The average Bonchev–Trinajstić information content (AvgIpc) is 2.75. The van der Waals surface area contributed by atoms with Gasteiger partial charge in [-0.05, 0) is 41.3 Å². The first-order chi connectivity index (χ1) is 8.17. The van der Waals surface area contributed by atoms with Crippen LogP contribution in [0.25, 0.3) is 10.9 Å². The fourth-order valence-corrected chi connectivity index (χ4v) is 2.60.